The molecule has 7 unspecified atom stereocenters. The monoisotopic (exact) mass is 414 g/mol. The Bertz CT molecular complexity index is 676. The summed E-state index contributed by atoms with van der Waals surface area (Å²) in [5.74, 6) is 5.42. The zero-order valence-electron chi connectivity index (χ0n) is 19.6. The van der Waals surface area contributed by atoms with Crippen molar-refractivity contribution in [3.05, 3.63) is 0 Å². The van der Waals surface area contributed by atoms with Crippen molar-refractivity contribution in [3.63, 3.8) is 0 Å². The van der Waals surface area contributed by atoms with E-state index in [2.05, 4.69) is 27.7 Å². The van der Waals surface area contributed by atoms with E-state index < -0.39 is 0 Å². The van der Waals surface area contributed by atoms with Crippen molar-refractivity contribution < 1.29 is 14.3 Å². The van der Waals surface area contributed by atoms with Crippen LogP contribution in [-0.4, -0.2) is 23.8 Å². The normalized spacial score (nSPS) is 53.3. The van der Waals surface area contributed by atoms with Gasteiger partial charge >= 0.3 is 5.97 Å². The molecule has 1 aliphatic heterocycles. The molecule has 1 saturated heterocycles. The predicted octanol–water partition coefficient (Wildman–Crippen LogP) is 6.00. The first-order chi connectivity index (χ1) is 14.3. The molecule has 30 heavy (non-hydrogen) atoms. The second kappa shape index (κ2) is 6.72. The Morgan fingerprint density at radius 1 is 0.900 bits per heavy atom. The Hall–Kier alpha value is -0.570. The third kappa shape index (κ3) is 2.69. The van der Waals surface area contributed by atoms with Crippen molar-refractivity contribution in [2.24, 2.45) is 52.8 Å². The molecule has 0 aromatic heterocycles. The molecule has 0 aromatic carbocycles. The second-order valence-electron chi connectivity index (χ2n) is 12.8. The number of fused-ring (bicyclic) bond motifs is 5. The highest BCUT2D eigenvalue weighted by atomic mass is 16.6. The second-order valence-corrected chi connectivity index (χ2v) is 12.8. The minimum atomic E-state index is -0.316. The molecule has 6 saturated carbocycles. The molecule has 7 aliphatic rings. The van der Waals surface area contributed by atoms with Crippen LogP contribution in [0.15, 0.2) is 0 Å². The van der Waals surface area contributed by atoms with E-state index in [-0.39, 0.29) is 22.9 Å². The summed E-state index contributed by atoms with van der Waals surface area (Å²) in [6, 6.07) is 0. The number of carbonyl (C=O) groups is 1. The van der Waals surface area contributed by atoms with E-state index in [1.54, 1.807) is 0 Å². The summed E-state index contributed by atoms with van der Waals surface area (Å²) in [4.78, 5) is 13.6. The lowest BCUT2D eigenvalue weighted by Crippen LogP contribution is -2.57. The summed E-state index contributed by atoms with van der Waals surface area (Å²) in [6.07, 6.45) is 13.5. The fraction of sp³-hybridized carbons (Fsp3) is 0.963. The summed E-state index contributed by atoms with van der Waals surface area (Å²) in [5, 5.41) is 0. The molecule has 3 heteroatoms. The molecule has 7 rings (SSSR count). The molecule has 0 spiro atoms. The number of carbonyl (C=O) groups excluding carboxylic acids is 1. The first-order valence-corrected chi connectivity index (χ1v) is 13.2. The Morgan fingerprint density at radius 3 is 2.03 bits per heavy atom. The molecule has 7 atom stereocenters. The van der Waals surface area contributed by atoms with Gasteiger partial charge in [0, 0.05) is 5.41 Å². The van der Waals surface area contributed by atoms with Gasteiger partial charge in [-0.3, -0.25) is 4.79 Å². The van der Waals surface area contributed by atoms with Crippen molar-refractivity contribution in [2.45, 2.75) is 110 Å². The first-order valence-electron chi connectivity index (χ1n) is 13.2. The van der Waals surface area contributed by atoms with Gasteiger partial charge in [-0.1, -0.05) is 13.8 Å². The van der Waals surface area contributed by atoms with Gasteiger partial charge in [0.2, 0.25) is 0 Å². The van der Waals surface area contributed by atoms with Gasteiger partial charge in [0.15, 0.2) is 0 Å². The fourth-order valence-electron chi connectivity index (χ4n) is 10.2. The third-order valence-corrected chi connectivity index (χ3v) is 11.1. The van der Waals surface area contributed by atoms with Crippen molar-refractivity contribution in [3.8, 4) is 0 Å². The highest BCUT2D eigenvalue weighted by molar-refractivity contribution is 5.74. The number of rotatable bonds is 5. The standard InChI is InChI=1S/C27H42O3/c1-5-21-23-18-10-19(24(23)22(6-2)29-21)20(11-18)25(28)30-26(3,4)27-12-15-7-16(13-27)9-17(8-15)14-27/h15-24H,5-14H2,1-4H3. The summed E-state index contributed by atoms with van der Waals surface area (Å²) in [6.45, 7) is 9.05. The van der Waals surface area contributed by atoms with Crippen LogP contribution in [0.5, 0.6) is 0 Å². The Labute approximate surface area is 183 Å². The maximum atomic E-state index is 13.6. The fourth-order valence-corrected chi connectivity index (χ4v) is 10.2. The first kappa shape index (κ1) is 20.1. The average Bonchev–Trinajstić information content (AvgIpc) is 3.37. The van der Waals surface area contributed by atoms with Gasteiger partial charge in [-0.05, 0) is 119 Å². The minimum absolute atomic E-state index is 0.123. The highest BCUT2D eigenvalue weighted by Crippen LogP contribution is 2.65. The van der Waals surface area contributed by atoms with E-state index in [4.69, 9.17) is 9.47 Å². The van der Waals surface area contributed by atoms with Gasteiger partial charge in [0.05, 0.1) is 18.1 Å². The minimum Gasteiger partial charge on any atom is -0.459 e. The van der Waals surface area contributed by atoms with E-state index in [1.165, 1.54) is 44.9 Å². The summed E-state index contributed by atoms with van der Waals surface area (Å²) < 4.78 is 13.0. The lowest BCUT2D eigenvalue weighted by molar-refractivity contribution is -0.204. The molecule has 0 amide bonds. The van der Waals surface area contributed by atoms with Crippen LogP contribution in [-0.2, 0) is 14.3 Å². The smallest absolute Gasteiger partial charge is 0.309 e. The lowest BCUT2D eigenvalue weighted by atomic mass is 9.46. The summed E-state index contributed by atoms with van der Waals surface area (Å²) in [5.41, 5.74) is -0.0725. The summed E-state index contributed by atoms with van der Waals surface area (Å²) in [7, 11) is 0. The summed E-state index contributed by atoms with van der Waals surface area (Å²) >= 11 is 0. The quantitative estimate of drug-likeness (QED) is 0.518. The molecule has 0 N–H and O–H groups in total. The van der Waals surface area contributed by atoms with Gasteiger partial charge < -0.3 is 9.47 Å². The molecule has 1 heterocycles. The van der Waals surface area contributed by atoms with Crippen LogP contribution in [0.2, 0.25) is 0 Å². The molecule has 3 nitrogen and oxygen atoms in total. The SMILES string of the molecule is CCC1OC(CC)C2C3CC(CC3C(=O)OC(C)(C)C34CC5CC(CC(C5)C3)C4)C12. The van der Waals surface area contributed by atoms with E-state index in [9.17, 15) is 4.79 Å². The maximum absolute atomic E-state index is 13.6. The molecule has 0 radical (unpaired) electrons. The average molecular weight is 415 g/mol. The third-order valence-electron chi connectivity index (χ3n) is 11.1. The van der Waals surface area contributed by atoms with Gasteiger partial charge in [-0.25, -0.2) is 0 Å². The van der Waals surface area contributed by atoms with Gasteiger partial charge in [0.25, 0.3) is 0 Å². The Balaban J connectivity index is 1.19. The van der Waals surface area contributed by atoms with Crippen LogP contribution >= 0.6 is 0 Å². The van der Waals surface area contributed by atoms with Crippen molar-refractivity contribution in [1.29, 1.82) is 0 Å². The van der Waals surface area contributed by atoms with Gasteiger partial charge in [-0.15, -0.1) is 0 Å². The largest absolute Gasteiger partial charge is 0.459 e. The van der Waals surface area contributed by atoms with E-state index in [0.29, 0.717) is 35.9 Å². The topological polar surface area (TPSA) is 35.5 Å². The van der Waals surface area contributed by atoms with Crippen LogP contribution in [0.25, 0.3) is 0 Å². The van der Waals surface area contributed by atoms with Crippen LogP contribution in [0.3, 0.4) is 0 Å². The molecule has 6 bridgehead atoms. The van der Waals surface area contributed by atoms with E-state index in [1.807, 2.05) is 0 Å². The van der Waals surface area contributed by atoms with Crippen molar-refractivity contribution >= 4 is 5.97 Å². The van der Waals surface area contributed by atoms with Crippen LogP contribution < -0.4 is 0 Å². The molecular weight excluding hydrogens is 372 g/mol. The van der Waals surface area contributed by atoms with Gasteiger partial charge in [-0.2, -0.15) is 0 Å². The predicted molar refractivity (Wildman–Crippen MR) is 117 cm³/mol. The Kier molecular flexibility index (Phi) is 4.49. The molecule has 168 valence electrons. The number of hydrogen-bond donors (Lipinski definition) is 0. The van der Waals surface area contributed by atoms with Crippen LogP contribution in [0.4, 0.5) is 0 Å². The molecule has 6 aliphatic carbocycles. The van der Waals surface area contributed by atoms with Crippen LogP contribution in [0, 0.1) is 52.8 Å². The molecule has 0 aromatic rings. The maximum Gasteiger partial charge on any atom is 0.309 e. The van der Waals surface area contributed by atoms with Crippen molar-refractivity contribution in [1.82, 2.24) is 0 Å². The van der Waals surface area contributed by atoms with Crippen LogP contribution in [0.1, 0.15) is 91.9 Å². The zero-order chi connectivity index (χ0) is 20.8. The van der Waals surface area contributed by atoms with E-state index >= 15 is 0 Å². The zero-order valence-corrected chi connectivity index (χ0v) is 19.6. The number of hydrogen-bond acceptors (Lipinski definition) is 3. The number of esters is 1. The highest BCUT2D eigenvalue weighted by Gasteiger charge is 2.64. The van der Waals surface area contributed by atoms with Crippen molar-refractivity contribution in [2.75, 3.05) is 0 Å². The lowest BCUT2D eigenvalue weighted by Gasteiger charge is -2.61. The number of ether oxygens (including phenoxy) is 2. The molecular formula is C27H42O3. The molecule has 7 fully saturated rings. The van der Waals surface area contributed by atoms with E-state index in [0.717, 1.165) is 37.0 Å². The van der Waals surface area contributed by atoms with Gasteiger partial charge in [0.1, 0.15) is 5.60 Å². The Morgan fingerprint density at radius 2 is 1.47 bits per heavy atom.